The number of hydrogen-bond acceptors (Lipinski definition) is 5. The number of halogens is 2. The zero-order valence-electron chi connectivity index (χ0n) is 18.4. The Kier molecular flexibility index (Phi) is 10.7. The molecule has 0 bridgehead atoms. The van der Waals surface area contributed by atoms with E-state index in [4.69, 9.17) is 4.74 Å². The van der Waals surface area contributed by atoms with Crippen molar-refractivity contribution in [1.82, 2.24) is 9.97 Å². The van der Waals surface area contributed by atoms with E-state index in [0.29, 0.717) is 23.7 Å². The molecule has 0 saturated heterocycles. The quantitative estimate of drug-likeness (QED) is 0.536. The molecule has 1 atom stereocenters. The highest BCUT2D eigenvalue weighted by Crippen LogP contribution is 2.32. The summed E-state index contributed by atoms with van der Waals surface area (Å²) < 4.78 is 37.2. The molecular formula is C22H31F2N3O3. The first kappa shape index (κ1) is 25.3. The van der Waals surface area contributed by atoms with Crippen LogP contribution in [-0.2, 0) is 4.74 Å². The summed E-state index contributed by atoms with van der Waals surface area (Å²) in [7, 11) is 1.23. The number of carbonyl (C=O) groups is 1. The third-order valence-electron chi connectivity index (χ3n) is 4.00. The Hall–Kier alpha value is -2.77. The van der Waals surface area contributed by atoms with Gasteiger partial charge in [-0.05, 0) is 42.0 Å². The van der Waals surface area contributed by atoms with Crippen LogP contribution in [0.2, 0.25) is 0 Å². The van der Waals surface area contributed by atoms with Crippen molar-refractivity contribution in [3.63, 3.8) is 0 Å². The smallest absolute Gasteiger partial charge is 0.412 e. The molecule has 0 aliphatic heterocycles. The Labute approximate surface area is 177 Å². The third kappa shape index (κ3) is 7.93. The predicted octanol–water partition coefficient (Wildman–Crippen LogP) is 6.35. The molecule has 0 aromatic carbocycles. The fraction of sp³-hybridized carbons (Fsp3) is 0.500. The van der Waals surface area contributed by atoms with Crippen LogP contribution in [0.4, 0.5) is 19.4 Å². The SMILES string of the molecule is CC.COC(=O)Nc1cc(-c2cnc(OCC(C)CC(C)C)c(C(F)F)c2)ccn1. The Morgan fingerprint density at radius 2 is 1.83 bits per heavy atom. The van der Waals surface area contributed by atoms with Gasteiger partial charge in [0.2, 0.25) is 5.88 Å². The van der Waals surface area contributed by atoms with E-state index in [1.807, 2.05) is 20.8 Å². The Bertz CT molecular complexity index is 801. The van der Waals surface area contributed by atoms with Gasteiger partial charge in [0.15, 0.2) is 0 Å². The van der Waals surface area contributed by atoms with E-state index in [9.17, 15) is 13.6 Å². The fourth-order valence-corrected chi connectivity index (χ4v) is 2.83. The number of hydrogen-bond donors (Lipinski definition) is 1. The lowest BCUT2D eigenvalue weighted by Crippen LogP contribution is -2.13. The van der Waals surface area contributed by atoms with Gasteiger partial charge in [-0.3, -0.25) is 5.32 Å². The number of nitrogens with zero attached hydrogens (tertiary/aromatic N) is 2. The highest BCUT2D eigenvalue weighted by molar-refractivity contribution is 5.84. The topological polar surface area (TPSA) is 73.3 Å². The summed E-state index contributed by atoms with van der Waals surface area (Å²) in [4.78, 5) is 19.4. The molecule has 1 amide bonds. The van der Waals surface area contributed by atoms with Crippen LogP contribution in [0.3, 0.4) is 0 Å². The second-order valence-electron chi connectivity index (χ2n) is 7.01. The zero-order chi connectivity index (χ0) is 22.7. The summed E-state index contributed by atoms with van der Waals surface area (Å²) in [6.07, 6.45) is 0.467. The average molecular weight is 424 g/mol. The molecule has 0 fully saturated rings. The van der Waals surface area contributed by atoms with Gasteiger partial charge in [0, 0.05) is 18.0 Å². The van der Waals surface area contributed by atoms with E-state index in [-0.39, 0.29) is 23.2 Å². The van der Waals surface area contributed by atoms with Crippen LogP contribution in [0.25, 0.3) is 11.1 Å². The number of alkyl halides is 2. The highest BCUT2D eigenvalue weighted by Gasteiger charge is 2.18. The van der Waals surface area contributed by atoms with Gasteiger partial charge >= 0.3 is 6.09 Å². The number of ether oxygens (including phenoxy) is 2. The predicted molar refractivity (Wildman–Crippen MR) is 114 cm³/mol. The van der Waals surface area contributed by atoms with Gasteiger partial charge in [0.25, 0.3) is 6.43 Å². The van der Waals surface area contributed by atoms with E-state index in [1.165, 1.54) is 25.6 Å². The van der Waals surface area contributed by atoms with E-state index >= 15 is 0 Å². The van der Waals surface area contributed by atoms with Crippen LogP contribution in [0.15, 0.2) is 30.6 Å². The van der Waals surface area contributed by atoms with E-state index in [0.717, 1.165) is 6.42 Å². The third-order valence-corrected chi connectivity index (χ3v) is 4.00. The number of aromatic nitrogens is 2. The first-order chi connectivity index (χ1) is 14.3. The summed E-state index contributed by atoms with van der Waals surface area (Å²) in [5, 5.41) is 2.43. The molecule has 0 radical (unpaired) electrons. The summed E-state index contributed by atoms with van der Waals surface area (Å²) in [6, 6.07) is 4.53. The van der Waals surface area contributed by atoms with Gasteiger partial charge in [0.1, 0.15) is 5.82 Å². The maximum absolute atomic E-state index is 13.5. The van der Waals surface area contributed by atoms with Gasteiger partial charge in [0.05, 0.1) is 19.3 Å². The van der Waals surface area contributed by atoms with Gasteiger partial charge in [-0.1, -0.05) is 34.6 Å². The van der Waals surface area contributed by atoms with Crippen molar-refractivity contribution in [2.45, 2.75) is 47.5 Å². The number of anilines is 1. The number of rotatable bonds is 8. The molecule has 8 heteroatoms. The molecule has 1 unspecified atom stereocenters. The second kappa shape index (κ2) is 12.7. The fourth-order valence-electron chi connectivity index (χ4n) is 2.83. The molecule has 0 spiro atoms. The Balaban J connectivity index is 0.00000218. The molecular weight excluding hydrogens is 392 g/mol. The van der Waals surface area contributed by atoms with Gasteiger partial charge in [-0.2, -0.15) is 0 Å². The summed E-state index contributed by atoms with van der Waals surface area (Å²) in [5.74, 6) is 0.921. The maximum atomic E-state index is 13.5. The molecule has 1 N–H and O–H groups in total. The largest absolute Gasteiger partial charge is 0.477 e. The first-order valence-corrected chi connectivity index (χ1v) is 10.0. The van der Waals surface area contributed by atoms with Crippen molar-refractivity contribution in [2.75, 3.05) is 19.0 Å². The number of pyridine rings is 2. The molecule has 2 aromatic heterocycles. The van der Waals surface area contributed by atoms with Crippen molar-refractivity contribution >= 4 is 11.9 Å². The monoisotopic (exact) mass is 423 g/mol. The summed E-state index contributed by atoms with van der Waals surface area (Å²) in [6.45, 7) is 10.5. The molecule has 2 heterocycles. The van der Waals surface area contributed by atoms with Crippen molar-refractivity contribution in [1.29, 1.82) is 0 Å². The van der Waals surface area contributed by atoms with E-state index in [1.54, 1.807) is 12.1 Å². The lowest BCUT2D eigenvalue weighted by molar-refractivity contribution is 0.140. The molecule has 30 heavy (non-hydrogen) atoms. The Morgan fingerprint density at radius 3 is 2.43 bits per heavy atom. The minimum atomic E-state index is -2.72. The number of amides is 1. The van der Waals surface area contributed by atoms with Crippen LogP contribution in [0.5, 0.6) is 5.88 Å². The van der Waals surface area contributed by atoms with Gasteiger partial charge < -0.3 is 9.47 Å². The van der Waals surface area contributed by atoms with Crippen molar-refractivity contribution in [3.8, 4) is 17.0 Å². The number of methoxy groups -OCH3 is 1. The van der Waals surface area contributed by atoms with Gasteiger partial charge in [-0.15, -0.1) is 0 Å². The van der Waals surface area contributed by atoms with Crippen LogP contribution in [-0.4, -0.2) is 29.8 Å². The van der Waals surface area contributed by atoms with E-state index < -0.39 is 12.5 Å². The van der Waals surface area contributed by atoms with Crippen LogP contribution in [0, 0.1) is 11.8 Å². The number of carbonyl (C=O) groups excluding carboxylic acids is 1. The lowest BCUT2D eigenvalue weighted by Gasteiger charge is -2.16. The molecule has 0 aliphatic carbocycles. The van der Waals surface area contributed by atoms with Crippen molar-refractivity contribution < 1.29 is 23.0 Å². The molecule has 2 aromatic rings. The van der Waals surface area contributed by atoms with E-state index in [2.05, 4.69) is 33.9 Å². The minimum Gasteiger partial charge on any atom is -0.477 e. The standard InChI is InChI=1S/C20H25F2N3O3.C2H6/c1-12(2)7-13(3)11-28-19-16(18(21)22)8-15(10-24-19)14-5-6-23-17(9-14)25-20(26)27-4;1-2/h5-6,8-10,12-13,18H,7,11H2,1-4H3,(H,23,25,26);1-2H3. The summed E-state index contributed by atoms with van der Waals surface area (Å²) in [5.41, 5.74) is 0.775. The van der Waals surface area contributed by atoms with Crippen molar-refractivity contribution in [2.24, 2.45) is 11.8 Å². The number of nitrogens with one attached hydrogen (secondary N) is 1. The highest BCUT2D eigenvalue weighted by atomic mass is 19.3. The molecule has 2 rings (SSSR count). The zero-order valence-corrected chi connectivity index (χ0v) is 18.4. The lowest BCUT2D eigenvalue weighted by atomic mass is 10.00. The normalized spacial score (nSPS) is 11.5. The minimum absolute atomic E-state index is 0.0590. The molecule has 0 saturated carbocycles. The van der Waals surface area contributed by atoms with Crippen LogP contribution in [0.1, 0.15) is 53.0 Å². The van der Waals surface area contributed by atoms with Crippen molar-refractivity contribution in [3.05, 3.63) is 36.2 Å². The maximum Gasteiger partial charge on any atom is 0.412 e. The van der Waals surface area contributed by atoms with Crippen LogP contribution < -0.4 is 10.1 Å². The first-order valence-electron chi connectivity index (χ1n) is 10.0. The molecule has 6 nitrogen and oxygen atoms in total. The van der Waals surface area contributed by atoms with Crippen LogP contribution >= 0.6 is 0 Å². The average Bonchev–Trinajstić information content (AvgIpc) is 2.73. The Morgan fingerprint density at radius 1 is 1.13 bits per heavy atom. The molecule has 166 valence electrons. The van der Waals surface area contributed by atoms with Gasteiger partial charge in [-0.25, -0.2) is 23.5 Å². The second-order valence-corrected chi connectivity index (χ2v) is 7.01. The summed E-state index contributed by atoms with van der Waals surface area (Å²) >= 11 is 0. The molecule has 0 aliphatic rings.